The lowest BCUT2D eigenvalue weighted by atomic mass is 10.0. The smallest absolute Gasteiger partial charge is 0.123 e. The summed E-state index contributed by atoms with van der Waals surface area (Å²) in [6, 6.07) is 2.86. The van der Waals surface area contributed by atoms with E-state index in [-0.39, 0.29) is 12.1 Å². The summed E-state index contributed by atoms with van der Waals surface area (Å²) in [5.74, 6) is 1.60. The van der Waals surface area contributed by atoms with Crippen molar-refractivity contribution in [2.45, 2.75) is 44.4 Å². The van der Waals surface area contributed by atoms with E-state index in [2.05, 4.69) is 57.6 Å². The second-order valence-electron chi connectivity index (χ2n) is 5.82. The largest absolute Gasteiger partial charge is 0.391 e. The number of hydrogen-bond donors (Lipinski definition) is 2. The predicted octanol–water partition coefficient (Wildman–Crippen LogP) is 1.75. The molecule has 0 saturated heterocycles. The monoisotopic (exact) mass is 361 g/mol. The van der Waals surface area contributed by atoms with Crippen molar-refractivity contribution in [1.29, 1.82) is 0 Å². The van der Waals surface area contributed by atoms with E-state index in [1.165, 1.54) is 5.69 Å². The van der Waals surface area contributed by atoms with Crippen molar-refractivity contribution in [2.24, 2.45) is 11.8 Å². The summed E-state index contributed by atoms with van der Waals surface area (Å²) in [6.07, 6.45) is 0.894. The van der Waals surface area contributed by atoms with Gasteiger partial charge in [0.25, 0.3) is 0 Å². The number of aromatic nitrogens is 2. The maximum Gasteiger partial charge on any atom is 0.123 e. The van der Waals surface area contributed by atoms with Gasteiger partial charge in [0.1, 0.15) is 3.70 Å². The standard InChI is InChI=1S/C13H20IN3O/c1-6(2)17-9(5-10(14)16-17)11-7-4-8(15-3)13(18)12(7)11/h5-8,11-13,15,18H,4H2,1-3H3/t7-,8?,11+,12-,13?/m1/s1. The van der Waals surface area contributed by atoms with E-state index in [0.717, 1.165) is 10.1 Å². The first-order chi connectivity index (χ1) is 8.54. The maximum atomic E-state index is 10.3. The van der Waals surface area contributed by atoms with Crippen molar-refractivity contribution in [3.8, 4) is 0 Å². The Labute approximate surface area is 121 Å². The zero-order valence-corrected chi connectivity index (χ0v) is 13.1. The number of nitrogens with zero attached hydrogens (tertiary/aromatic N) is 2. The molecule has 4 nitrogen and oxygen atoms in total. The number of aliphatic hydroxyl groups is 1. The van der Waals surface area contributed by atoms with Crippen molar-refractivity contribution in [2.75, 3.05) is 7.05 Å². The van der Waals surface area contributed by atoms with Crippen LogP contribution in [0.4, 0.5) is 0 Å². The number of nitrogens with one attached hydrogen (secondary N) is 1. The third-order valence-electron chi connectivity index (χ3n) is 4.50. The molecule has 1 aromatic heterocycles. The third-order valence-corrected chi connectivity index (χ3v) is 5.03. The molecule has 0 amide bonds. The second-order valence-corrected chi connectivity index (χ2v) is 6.92. The molecular formula is C13H20IN3O. The van der Waals surface area contributed by atoms with Gasteiger partial charge < -0.3 is 10.4 Å². The minimum absolute atomic E-state index is 0.196. The van der Waals surface area contributed by atoms with E-state index in [0.29, 0.717) is 23.8 Å². The molecule has 2 unspecified atom stereocenters. The fourth-order valence-corrected chi connectivity index (χ4v) is 4.17. The number of hydrogen-bond acceptors (Lipinski definition) is 3. The SMILES string of the molecule is CNC1C[C@@H]2[C@@H](c3cc(I)nn3C(C)C)[C@@H]2C1O. The van der Waals surface area contributed by atoms with Crippen molar-refractivity contribution >= 4 is 22.6 Å². The first-order valence-corrected chi connectivity index (χ1v) is 7.72. The molecule has 0 aliphatic heterocycles. The zero-order valence-electron chi connectivity index (χ0n) is 11.0. The Hall–Kier alpha value is -0.140. The lowest BCUT2D eigenvalue weighted by Gasteiger charge is -2.20. The molecule has 2 fully saturated rings. The number of rotatable bonds is 3. The first kappa shape index (κ1) is 12.9. The normalized spacial score (nSPS) is 38.2. The van der Waals surface area contributed by atoms with Crippen LogP contribution in [-0.4, -0.2) is 34.1 Å². The Morgan fingerprint density at radius 2 is 2.28 bits per heavy atom. The fourth-order valence-electron chi connectivity index (χ4n) is 3.62. The molecule has 2 aliphatic carbocycles. The van der Waals surface area contributed by atoms with Crippen molar-refractivity contribution in [1.82, 2.24) is 15.1 Å². The minimum atomic E-state index is -0.196. The highest BCUT2D eigenvalue weighted by atomic mass is 127. The van der Waals surface area contributed by atoms with Gasteiger partial charge in [0.2, 0.25) is 0 Å². The topological polar surface area (TPSA) is 50.1 Å². The molecule has 2 aliphatic rings. The Bertz CT molecular complexity index is 459. The van der Waals surface area contributed by atoms with Gasteiger partial charge in [-0.3, -0.25) is 4.68 Å². The highest BCUT2D eigenvalue weighted by Gasteiger charge is 2.62. The second kappa shape index (κ2) is 4.45. The Morgan fingerprint density at radius 1 is 1.56 bits per heavy atom. The van der Waals surface area contributed by atoms with Gasteiger partial charge in [-0.1, -0.05) is 0 Å². The van der Waals surface area contributed by atoms with Crippen LogP contribution in [0.25, 0.3) is 0 Å². The van der Waals surface area contributed by atoms with Crippen LogP contribution in [-0.2, 0) is 0 Å². The Kier molecular flexibility index (Phi) is 3.18. The fraction of sp³-hybridized carbons (Fsp3) is 0.769. The molecule has 0 bridgehead atoms. The van der Waals surface area contributed by atoms with Crippen LogP contribution in [0.15, 0.2) is 6.07 Å². The summed E-state index contributed by atoms with van der Waals surface area (Å²) in [6.45, 7) is 4.33. The average molecular weight is 361 g/mol. The van der Waals surface area contributed by atoms with Gasteiger partial charge in [0.05, 0.1) is 6.10 Å². The molecule has 18 heavy (non-hydrogen) atoms. The number of fused-ring (bicyclic) bond motifs is 1. The van der Waals surface area contributed by atoms with Gasteiger partial charge in [0.15, 0.2) is 0 Å². The lowest BCUT2D eigenvalue weighted by molar-refractivity contribution is 0.125. The molecule has 2 N–H and O–H groups in total. The summed E-state index contributed by atoms with van der Waals surface area (Å²) in [7, 11) is 1.94. The van der Waals surface area contributed by atoms with Crippen LogP contribution in [0, 0.1) is 15.5 Å². The van der Waals surface area contributed by atoms with Crippen molar-refractivity contribution in [3.05, 3.63) is 15.5 Å². The Morgan fingerprint density at radius 3 is 2.78 bits per heavy atom. The van der Waals surface area contributed by atoms with Crippen molar-refractivity contribution in [3.63, 3.8) is 0 Å². The molecule has 0 aromatic carbocycles. The van der Waals surface area contributed by atoms with Gasteiger partial charge in [-0.25, -0.2) is 0 Å². The Balaban J connectivity index is 1.84. The highest BCUT2D eigenvalue weighted by molar-refractivity contribution is 14.1. The predicted molar refractivity (Wildman–Crippen MR) is 78.5 cm³/mol. The maximum absolute atomic E-state index is 10.3. The first-order valence-electron chi connectivity index (χ1n) is 6.65. The quantitative estimate of drug-likeness (QED) is 0.807. The van der Waals surface area contributed by atoms with Crippen LogP contribution < -0.4 is 5.32 Å². The average Bonchev–Trinajstić information content (AvgIpc) is 2.73. The van der Waals surface area contributed by atoms with E-state index in [1.54, 1.807) is 0 Å². The molecule has 1 heterocycles. The van der Waals surface area contributed by atoms with Crippen LogP contribution >= 0.6 is 22.6 Å². The zero-order chi connectivity index (χ0) is 13.0. The molecule has 5 heteroatoms. The number of halogens is 1. The van der Waals surface area contributed by atoms with Gasteiger partial charge in [0, 0.05) is 23.7 Å². The molecule has 0 spiro atoms. The van der Waals surface area contributed by atoms with E-state index in [9.17, 15) is 5.11 Å². The van der Waals surface area contributed by atoms with Crippen LogP contribution in [0.2, 0.25) is 0 Å². The summed E-state index contributed by atoms with van der Waals surface area (Å²) in [5.41, 5.74) is 1.32. The number of aliphatic hydroxyl groups excluding tert-OH is 1. The minimum Gasteiger partial charge on any atom is -0.391 e. The molecule has 100 valence electrons. The molecule has 5 atom stereocenters. The van der Waals surface area contributed by atoms with Crippen LogP contribution in [0.1, 0.15) is 37.9 Å². The third kappa shape index (κ3) is 1.82. The summed E-state index contributed by atoms with van der Waals surface area (Å²) in [5, 5.41) is 18.1. The molecule has 3 rings (SSSR count). The lowest BCUT2D eigenvalue weighted by Crippen LogP contribution is -2.36. The van der Waals surface area contributed by atoms with Gasteiger partial charge in [-0.2, -0.15) is 5.10 Å². The van der Waals surface area contributed by atoms with Crippen LogP contribution in [0.3, 0.4) is 0 Å². The molecule has 1 aromatic rings. The highest BCUT2D eigenvalue weighted by Crippen LogP contribution is 2.63. The summed E-state index contributed by atoms with van der Waals surface area (Å²) < 4.78 is 3.19. The number of likely N-dealkylation sites (N-methyl/N-ethyl adjacent to an activating group) is 1. The van der Waals surface area contributed by atoms with E-state index < -0.39 is 0 Å². The van der Waals surface area contributed by atoms with E-state index >= 15 is 0 Å². The molecule has 2 saturated carbocycles. The van der Waals surface area contributed by atoms with Crippen LogP contribution in [0.5, 0.6) is 0 Å². The molecule has 0 radical (unpaired) electrons. The van der Waals surface area contributed by atoms with Gasteiger partial charge in [-0.15, -0.1) is 0 Å². The summed E-state index contributed by atoms with van der Waals surface area (Å²) in [4.78, 5) is 0. The van der Waals surface area contributed by atoms with E-state index in [4.69, 9.17) is 0 Å². The molecular weight excluding hydrogens is 341 g/mol. The van der Waals surface area contributed by atoms with E-state index in [1.807, 2.05) is 7.05 Å². The summed E-state index contributed by atoms with van der Waals surface area (Å²) >= 11 is 2.27. The van der Waals surface area contributed by atoms with Crippen molar-refractivity contribution < 1.29 is 5.11 Å². The van der Waals surface area contributed by atoms with Gasteiger partial charge >= 0.3 is 0 Å². The van der Waals surface area contributed by atoms with Gasteiger partial charge in [-0.05, 0) is 67.8 Å².